The number of hydrogen-bond donors (Lipinski definition) is 2. The molecule has 2 N–H and O–H groups in total. The van der Waals surface area contributed by atoms with Crippen molar-refractivity contribution in [1.29, 1.82) is 0 Å². The fourth-order valence-corrected chi connectivity index (χ4v) is 2.80. The quantitative estimate of drug-likeness (QED) is 0.810. The highest BCUT2D eigenvalue weighted by Crippen LogP contribution is 2.22. The summed E-state index contributed by atoms with van der Waals surface area (Å²) in [5.41, 5.74) is 1.92. The molecule has 3 nitrogen and oxygen atoms in total. The Morgan fingerprint density at radius 3 is 2.57 bits per heavy atom. The van der Waals surface area contributed by atoms with Crippen molar-refractivity contribution in [2.45, 2.75) is 19.5 Å². The van der Waals surface area contributed by atoms with Crippen LogP contribution in [-0.2, 0) is 6.54 Å². The molecule has 0 heterocycles. The molecule has 1 atom stereocenters. The number of rotatable bonds is 4. The van der Waals surface area contributed by atoms with Crippen molar-refractivity contribution in [2.75, 3.05) is 0 Å². The summed E-state index contributed by atoms with van der Waals surface area (Å²) in [6.07, 6.45) is 0. The van der Waals surface area contributed by atoms with Crippen LogP contribution in [0.4, 0.5) is 4.79 Å². The van der Waals surface area contributed by atoms with Gasteiger partial charge in [-0.3, -0.25) is 0 Å². The van der Waals surface area contributed by atoms with Crippen LogP contribution >= 0.6 is 27.5 Å². The van der Waals surface area contributed by atoms with E-state index in [4.69, 9.17) is 11.6 Å². The maximum atomic E-state index is 11.9. The molecule has 0 aromatic heterocycles. The first-order chi connectivity index (χ1) is 10.1. The van der Waals surface area contributed by atoms with Crippen LogP contribution in [0.1, 0.15) is 24.1 Å². The highest BCUT2D eigenvalue weighted by atomic mass is 79.9. The number of nitrogens with one attached hydrogen (secondary N) is 2. The van der Waals surface area contributed by atoms with E-state index in [1.807, 2.05) is 49.4 Å². The maximum absolute atomic E-state index is 11.9. The largest absolute Gasteiger partial charge is 0.334 e. The van der Waals surface area contributed by atoms with Gasteiger partial charge in [-0.15, -0.1) is 0 Å². The van der Waals surface area contributed by atoms with E-state index >= 15 is 0 Å². The van der Waals surface area contributed by atoms with Gasteiger partial charge in [0.25, 0.3) is 0 Å². The lowest BCUT2D eigenvalue weighted by Gasteiger charge is -2.16. The molecule has 2 aromatic carbocycles. The van der Waals surface area contributed by atoms with E-state index in [9.17, 15) is 4.79 Å². The number of amides is 2. The fraction of sp³-hybridized carbons (Fsp3) is 0.188. The van der Waals surface area contributed by atoms with E-state index in [2.05, 4.69) is 26.6 Å². The summed E-state index contributed by atoms with van der Waals surface area (Å²) in [6.45, 7) is 2.34. The predicted molar refractivity (Wildman–Crippen MR) is 89.4 cm³/mol. The first kappa shape index (κ1) is 15.9. The second kappa shape index (κ2) is 7.48. The predicted octanol–water partition coefficient (Wildman–Crippen LogP) is 4.66. The van der Waals surface area contributed by atoms with E-state index in [0.717, 1.165) is 15.6 Å². The number of halogens is 2. The van der Waals surface area contributed by atoms with Gasteiger partial charge in [0.15, 0.2) is 0 Å². The molecule has 2 rings (SSSR count). The van der Waals surface area contributed by atoms with Gasteiger partial charge >= 0.3 is 6.03 Å². The van der Waals surface area contributed by atoms with Crippen molar-refractivity contribution in [3.05, 3.63) is 69.2 Å². The third-order valence-corrected chi connectivity index (χ3v) is 4.21. The maximum Gasteiger partial charge on any atom is 0.315 e. The summed E-state index contributed by atoms with van der Waals surface area (Å²) in [5, 5.41) is 6.36. The van der Waals surface area contributed by atoms with Gasteiger partial charge < -0.3 is 10.6 Å². The van der Waals surface area contributed by atoms with Gasteiger partial charge in [0.1, 0.15) is 0 Å². The molecule has 0 spiro atoms. The summed E-state index contributed by atoms with van der Waals surface area (Å²) in [6, 6.07) is 15.0. The number of benzene rings is 2. The van der Waals surface area contributed by atoms with Gasteiger partial charge in [-0.05, 0) is 30.2 Å². The van der Waals surface area contributed by atoms with Crippen molar-refractivity contribution < 1.29 is 4.79 Å². The molecule has 0 bridgehead atoms. The Labute approximate surface area is 137 Å². The molecule has 21 heavy (non-hydrogen) atoms. The van der Waals surface area contributed by atoms with Gasteiger partial charge in [0.2, 0.25) is 0 Å². The zero-order valence-corrected chi connectivity index (χ0v) is 13.9. The van der Waals surface area contributed by atoms with Crippen molar-refractivity contribution >= 4 is 33.6 Å². The third-order valence-electron chi connectivity index (χ3n) is 3.12. The lowest BCUT2D eigenvalue weighted by molar-refractivity contribution is 0.237. The average molecular weight is 368 g/mol. The fourth-order valence-electron chi connectivity index (χ4n) is 1.97. The molecule has 0 saturated heterocycles. The van der Waals surface area contributed by atoms with E-state index in [1.165, 1.54) is 0 Å². The molecule has 0 unspecified atom stereocenters. The van der Waals surface area contributed by atoms with Gasteiger partial charge in [-0.2, -0.15) is 0 Å². The first-order valence-corrected chi connectivity index (χ1v) is 7.77. The summed E-state index contributed by atoms with van der Waals surface area (Å²) < 4.78 is 0.976. The molecular formula is C16H16BrClN2O. The van der Waals surface area contributed by atoms with E-state index < -0.39 is 0 Å². The Bertz CT molecular complexity index is 633. The number of urea groups is 1. The number of hydrogen-bond acceptors (Lipinski definition) is 1. The highest BCUT2D eigenvalue weighted by molar-refractivity contribution is 9.10. The molecule has 2 amide bonds. The van der Waals surface area contributed by atoms with Crippen LogP contribution in [-0.4, -0.2) is 6.03 Å². The highest BCUT2D eigenvalue weighted by Gasteiger charge is 2.11. The second-order valence-electron chi connectivity index (χ2n) is 4.66. The van der Waals surface area contributed by atoms with Gasteiger partial charge in [-0.25, -0.2) is 4.79 Å². The lowest BCUT2D eigenvalue weighted by Crippen LogP contribution is -2.36. The van der Waals surface area contributed by atoms with Gasteiger partial charge in [0.05, 0.1) is 6.04 Å². The Balaban J connectivity index is 1.90. The van der Waals surface area contributed by atoms with Crippen LogP contribution in [0.15, 0.2) is 53.0 Å². The third kappa shape index (κ3) is 4.48. The lowest BCUT2D eigenvalue weighted by atomic mass is 10.1. The monoisotopic (exact) mass is 366 g/mol. The molecule has 5 heteroatoms. The molecular weight excluding hydrogens is 352 g/mol. The molecule has 0 fully saturated rings. The van der Waals surface area contributed by atoms with Gasteiger partial charge in [-0.1, -0.05) is 63.9 Å². The van der Waals surface area contributed by atoms with Crippen molar-refractivity contribution in [1.82, 2.24) is 10.6 Å². The van der Waals surface area contributed by atoms with Crippen LogP contribution in [0, 0.1) is 0 Å². The average Bonchev–Trinajstić information content (AvgIpc) is 2.46. The minimum Gasteiger partial charge on any atom is -0.334 e. The molecule has 0 aliphatic rings. The van der Waals surface area contributed by atoms with Gasteiger partial charge in [0, 0.05) is 16.0 Å². The van der Waals surface area contributed by atoms with Crippen molar-refractivity contribution in [3.63, 3.8) is 0 Å². The Hall–Kier alpha value is -1.52. The second-order valence-corrected chi connectivity index (χ2v) is 5.92. The smallest absolute Gasteiger partial charge is 0.315 e. The Morgan fingerprint density at radius 2 is 1.86 bits per heavy atom. The SMILES string of the molecule is C[C@H](NC(=O)NCc1ccccc1Cl)c1ccccc1Br. The molecule has 0 aliphatic heterocycles. The number of carbonyl (C=O) groups excluding carboxylic acids is 1. The minimum absolute atomic E-state index is 0.0909. The van der Waals surface area contributed by atoms with E-state index in [0.29, 0.717) is 11.6 Å². The summed E-state index contributed by atoms with van der Waals surface area (Å²) in [4.78, 5) is 11.9. The van der Waals surface area contributed by atoms with E-state index in [-0.39, 0.29) is 12.1 Å². The normalized spacial score (nSPS) is 11.8. The summed E-state index contributed by atoms with van der Waals surface area (Å²) >= 11 is 9.54. The molecule has 0 saturated carbocycles. The van der Waals surface area contributed by atoms with Crippen LogP contribution in [0.25, 0.3) is 0 Å². The zero-order chi connectivity index (χ0) is 15.2. The number of carbonyl (C=O) groups is 1. The molecule has 2 aromatic rings. The molecule has 0 radical (unpaired) electrons. The van der Waals surface area contributed by atoms with Crippen molar-refractivity contribution in [2.24, 2.45) is 0 Å². The minimum atomic E-state index is -0.224. The van der Waals surface area contributed by atoms with Crippen LogP contribution in [0.2, 0.25) is 5.02 Å². The van der Waals surface area contributed by atoms with Crippen molar-refractivity contribution in [3.8, 4) is 0 Å². The van der Waals surface area contributed by atoms with Crippen LogP contribution < -0.4 is 10.6 Å². The molecule has 110 valence electrons. The first-order valence-electron chi connectivity index (χ1n) is 6.60. The van der Waals surface area contributed by atoms with Crippen LogP contribution in [0.5, 0.6) is 0 Å². The standard InChI is InChI=1S/C16H16BrClN2O/c1-11(13-7-3-4-8-14(13)17)20-16(21)19-10-12-6-2-5-9-15(12)18/h2-9,11H,10H2,1H3,(H2,19,20,21)/t11-/m0/s1. The Kier molecular flexibility index (Phi) is 5.65. The topological polar surface area (TPSA) is 41.1 Å². The Morgan fingerprint density at radius 1 is 1.19 bits per heavy atom. The zero-order valence-electron chi connectivity index (χ0n) is 11.6. The summed E-state index contributed by atoms with van der Waals surface area (Å²) in [5.74, 6) is 0. The molecule has 0 aliphatic carbocycles. The van der Waals surface area contributed by atoms with E-state index in [1.54, 1.807) is 6.07 Å². The summed E-state index contributed by atoms with van der Waals surface area (Å²) in [7, 11) is 0. The van der Waals surface area contributed by atoms with Crippen LogP contribution in [0.3, 0.4) is 0 Å².